The maximum Gasteiger partial charge on any atom is 0.219 e. The van der Waals surface area contributed by atoms with Crippen LogP contribution in [0.25, 0.3) is 0 Å². The third-order valence-corrected chi connectivity index (χ3v) is 6.29. The first-order valence-electron chi connectivity index (χ1n) is 7.36. The Morgan fingerprint density at radius 3 is 1.89 bits per heavy atom. The molecule has 0 spiro atoms. The van der Waals surface area contributed by atoms with Gasteiger partial charge in [-0.2, -0.15) is 4.31 Å². The van der Waals surface area contributed by atoms with Gasteiger partial charge in [0.25, 0.3) is 0 Å². The molecular formula is C15H31NO2S. The maximum atomic E-state index is 12.8. The lowest BCUT2D eigenvalue weighted by molar-refractivity contribution is 0.235. The summed E-state index contributed by atoms with van der Waals surface area (Å²) in [5.74, 6) is 0.583. The highest BCUT2D eigenvalue weighted by Gasteiger charge is 2.41. The van der Waals surface area contributed by atoms with Crippen LogP contribution in [0.4, 0.5) is 0 Å². The van der Waals surface area contributed by atoms with Gasteiger partial charge in [-0.3, -0.25) is 0 Å². The van der Waals surface area contributed by atoms with Crippen molar-refractivity contribution < 1.29 is 8.42 Å². The van der Waals surface area contributed by atoms with Crippen LogP contribution in [-0.2, 0) is 10.0 Å². The second kappa shape index (κ2) is 5.36. The molecule has 0 heterocycles. The summed E-state index contributed by atoms with van der Waals surface area (Å²) in [6.07, 6.45) is 3.26. The van der Waals surface area contributed by atoms with Crippen LogP contribution in [0, 0.1) is 11.3 Å². The molecule has 4 heteroatoms. The van der Waals surface area contributed by atoms with Crippen LogP contribution >= 0.6 is 0 Å². The van der Waals surface area contributed by atoms with E-state index in [-0.39, 0.29) is 11.5 Å². The van der Waals surface area contributed by atoms with Gasteiger partial charge in [-0.1, -0.05) is 20.8 Å². The van der Waals surface area contributed by atoms with Gasteiger partial charge in [0, 0.05) is 12.6 Å². The molecule has 0 amide bonds. The highest BCUT2D eigenvalue weighted by Crippen LogP contribution is 2.35. The predicted molar refractivity (Wildman–Crippen MR) is 81.6 cm³/mol. The van der Waals surface area contributed by atoms with Crippen molar-refractivity contribution in [2.45, 2.75) is 78.5 Å². The summed E-state index contributed by atoms with van der Waals surface area (Å²) >= 11 is 0. The molecule has 1 aliphatic rings. The zero-order valence-electron chi connectivity index (χ0n) is 13.7. The lowest BCUT2D eigenvalue weighted by Crippen LogP contribution is -2.49. The Balaban J connectivity index is 2.94. The zero-order valence-corrected chi connectivity index (χ0v) is 14.5. The van der Waals surface area contributed by atoms with Gasteiger partial charge < -0.3 is 0 Å². The molecule has 19 heavy (non-hydrogen) atoms. The number of nitrogens with zero attached hydrogens (tertiary/aromatic N) is 1. The van der Waals surface area contributed by atoms with E-state index in [0.717, 1.165) is 6.42 Å². The van der Waals surface area contributed by atoms with Crippen molar-refractivity contribution in [3.05, 3.63) is 0 Å². The van der Waals surface area contributed by atoms with E-state index >= 15 is 0 Å². The molecule has 114 valence electrons. The molecule has 0 bridgehead atoms. The van der Waals surface area contributed by atoms with Gasteiger partial charge in [-0.05, 0) is 58.3 Å². The first kappa shape index (κ1) is 17.0. The minimum Gasteiger partial charge on any atom is -0.212 e. The molecule has 0 aromatic carbocycles. The topological polar surface area (TPSA) is 37.4 Å². The minimum absolute atomic E-state index is 0.0739. The smallest absolute Gasteiger partial charge is 0.212 e. The Morgan fingerprint density at radius 1 is 1.11 bits per heavy atom. The standard InChI is InChI=1S/C15H31NO2S/c1-12(10-14(2,3)4)16(11-13-8-9-13)19(17,18)15(5,6)7/h12-13H,8-11H2,1-7H3/t12-/m1/s1. The molecule has 1 saturated carbocycles. The lowest BCUT2D eigenvalue weighted by atomic mass is 9.88. The van der Waals surface area contributed by atoms with Crippen molar-refractivity contribution in [3.63, 3.8) is 0 Å². The van der Waals surface area contributed by atoms with Gasteiger partial charge in [0.1, 0.15) is 0 Å². The maximum absolute atomic E-state index is 12.8. The summed E-state index contributed by atoms with van der Waals surface area (Å²) in [5, 5.41) is 0. The molecule has 0 saturated heterocycles. The van der Waals surface area contributed by atoms with Crippen molar-refractivity contribution in [2.24, 2.45) is 11.3 Å². The molecule has 0 unspecified atom stereocenters. The van der Waals surface area contributed by atoms with Crippen LogP contribution in [0.5, 0.6) is 0 Å². The van der Waals surface area contributed by atoms with E-state index in [1.807, 2.05) is 0 Å². The van der Waals surface area contributed by atoms with Crippen LogP contribution < -0.4 is 0 Å². The van der Waals surface area contributed by atoms with E-state index in [0.29, 0.717) is 12.5 Å². The summed E-state index contributed by atoms with van der Waals surface area (Å²) in [5.41, 5.74) is 0.147. The fourth-order valence-electron chi connectivity index (χ4n) is 2.41. The molecular weight excluding hydrogens is 258 g/mol. The number of hydrogen-bond donors (Lipinski definition) is 0. The second-order valence-corrected chi connectivity index (χ2v) is 10.9. The molecule has 1 atom stereocenters. The molecule has 1 aliphatic carbocycles. The van der Waals surface area contributed by atoms with E-state index in [4.69, 9.17) is 0 Å². The fourth-order valence-corrected chi connectivity index (χ4v) is 4.07. The molecule has 0 N–H and O–H groups in total. The van der Waals surface area contributed by atoms with Gasteiger partial charge >= 0.3 is 0 Å². The highest BCUT2D eigenvalue weighted by molar-refractivity contribution is 7.90. The summed E-state index contributed by atoms with van der Waals surface area (Å²) in [4.78, 5) is 0. The molecule has 0 aromatic rings. The van der Waals surface area contributed by atoms with Crippen molar-refractivity contribution in [1.82, 2.24) is 4.31 Å². The number of hydrogen-bond acceptors (Lipinski definition) is 2. The Kier molecular flexibility index (Phi) is 4.79. The minimum atomic E-state index is -3.23. The predicted octanol–water partition coefficient (Wildman–Crippen LogP) is 3.65. The Bertz CT molecular complexity index is 397. The quantitative estimate of drug-likeness (QED) is 0.774. The van der Waals surface area contributed by atoms with Crippen LogP contribution in [-0.4, -0.2) is 30.1 Å². The van der Waals surface area contributed by atoms with Gasteiger partial charge in [0.05, 0.1) is 4.75 Å². The van der Waals surface area contributed by atoms with Crippen LogP contribution in [0.1, 0.15) is 67.7 Å². The average molecular weight is 289 g/mol. The molecule has 0 aromatic heterocycles. The number of sulfonamides is 1. The molecule has 1 fully saturated rings. The van der Waals surface area contributed by atoms with Crippen molar-refractivity contribution in [3.8, 4) is 0 Å². The molecule has 0 radical (unpaired) electrons. The van der Waals surface area contributed by atoms with E-state index in [2.05, 4.69) is 27.7 Å². The van der Waals surface area contributed by atoms with E-state index < -0.39 is 14.8 Å². The lowest BCUT2D eigenvalue weighted by Gasteiger charge is -2.37. The summed E-state index contributed by atoms with van der Waals surface area (Å²) < 4.78 is 26.6. The monoisotopic (exact) mass is 289 g/mol. The Morgan fingerprint density at radius 2 is 1.58 bits per heavy atom. The second-order valence-electron chi connectivity index (χ2n) is 8.24. The van der Waals surface area contributed by atoms with E-state index in [1.54, 1.807) is 25.1 Å². The third-order valence-electron chi connectivity index (χ3n) is 3.62. The third kappa shape index (κ3) is 4.75. The van der Waals surface area contributed by atoms with Crippen LogP contribution in [0.3, 0.4) is 0 Å². The Labute approximate surface area is 119 Å². The van der Waals surface area contributed by atoms with Gasteiger partial charge in [0.15, 0.2) is 0 Å². The van der Waals surface area contributed by atoms with Crippen molar-refractivity contribution >= 4 is 10.0 Å². The first-order chi connectivity index (χ1) is 8.34. The normalized spacial score (nSPS) is 19.8. The molecule has 0 aliphatic heterocycles. The van der Waals surface area contributed by atoms with Gasteiger partial charge in [0.2, 0.25) is 10.0 Å². The zero-order chi connectivity index (χ0) is 15.1. The Hall–Kier alpha value is -0.0900. The summed E-state index contributed by atoms with van der Waals surface area (Å²) in [7, 11) is -3.23. The average Bonchev–Trinajstić information content (AvgIpc) is 2.91. The van der Waals surface area contributed by atoms with Crippen molar-refractivity contribution in [2.75, 3.05) is 6.54 Å². The van der Waals surface area contributed by atoms with Crippen LogP contribution in [0.2, 0.25) is 0 Å². The van der Waals surface area contributed by atoms with Crippen LogP contribution in [0.15, 0.2) is 0 Å². The van der Waals surface area contributed by atoms with Crippen molar-refractivity contribution in [1.29, 1.82) is 0 Å². The van der Waals surface area contributed by atoms with Gasteiger partial charge in [-0.25, -0.2) is 8.42 Å². The summed E-state index contributed by atoms with van der Waals surface area (Å²) in [6, 6.07) is 0.0739. The largest absolute Gasteiger partial charge is 0.219 e. The molecule has 1 rings (SSSR count). The summed E-state index contributed by atoms with van der Waals surface area (Å²) in [6.45, 7) is 14.7. The van der Waals surface area contributed by atoms with E-state index in [1.165, 1.54) is 12.8 Å². The first-order valence-corrected chi connectivity index (χ1v) is 8.80. The highest BCUT2D eigenvalue weighted by atomic mass is 32.2. The SMILES string of the molecule is C[C@H](CC(C)(C)C)N(CC1CC1)S(=O)(=O)C(C)(C)C. The molecule has 3 nitrogen and oxygen atoms in total. The fraction of sp³-hybridized carbons (Fsp3) is 1.00. The number of rotatable bonds is 5. The van der Waals surface area contributed by atoms with Gasteiger partial charge in [-0.15, -0.1) is 0 Å². The van der Waals surface area contributed by atoms with E-state index in [9.17, 15) is 8.42 Å².